The number of ether oxygens (including phenoxy) is 1. The zero-order valence-corrected chi connectivity index (χ0v) is 23.4. The van der Waals surface area contributed by atoms with Crippen LogP contribution in [0.1, 0.15) is 52.5 Å². The minimum absolute atomic E-state index is 0.0778. The van der Waals surface area contributed by atoms with Gasteiger partial charge >= 0.3 is 11.6 Å². The van der Waals surface area contributed by atoms with E-state index < -0.39 is 11.6 Å². The van der Waals surface area contributed by atoms with Crippen LogP contribution in [0.5, 0.6) is 0 Å². The lowest BCUT2D eigenvalue weighted by atomic mass is 9.95. The lowest BCUT2D eigenvalue weighted by Crippen LogP contribution is -2.10. The number of carbonyl (C=O) groups is 1. The minimum atomic E-state index is -0.515. The number of nitrogens with zero attached hydrogens (tertiary/aromatic N) is 3. The largest absolute Gasteiger partial charge is 0.457 e. The van der Waals surface area contributed by atoms with Crippen LogP contribution in [0.25, 0.3) is 38.3 Å². The molecule has 0 atom stereocenters. The van der Waals surface area contributed by atoms with Gasteiger partial charge in [-0.2, -0.15) is 5.10 Å². The molecule has 6 aromatic rings. The van der Waals surface area contributed by atoms with Gasteiger partial charge in [0.1, 0.15) is 12.2 Å². The van der Waals surface area contributed by atoms with E-state index in [2.05, 4.69) is 13.8 Å². The van der Waals surface area contributed by atoms with E-state index in [0.29, 0.717) is 39.1 Å². The fraction of sp³-hybridized carbons (Fsp3) is 0.188. The molecule has 0 saturated carbocycles. The van der Waals surface area contributed by atoms with Crippen LogP contribution >= 0.6 is 11.3 Å². The molecule has 0 aliphatic heterocycles. The Balaban J connectivity index is 1.44. The standard InChI is InChI=1S/C32H27N3O4S/c1-18(2)23-15-24-21(14-29(36)39-27(24)13-19(23)3)17-38-32(37)25-16-26(28-11-8-12-40-28)33-31-30(25)20(4)34-35(31)22-9-6-5-7-10-22/h5-16,18H,17H2,1-4H3. The number of benzene rings is 2. The maximum atomic E-state index is 13.7. The summed E-state index contributed by atoms with van der Waals surface area (Å²) in [5.74, 6) is -0.227. The highest BCUT2D eigenvalue weighted by molar-refractivity contribution is 7.13. The first kappa shape index (κ1) is 25.7. The van der Waals surface area contributed by atoms with E-state index in [-0.39, 0.29) is 12.5 Å². The molecule has 6 rings (SSSR count). The molecule has 40 heavy (non-hydrogen) atoms. The number of rotatable bonds is 6. The summed E-state index contributed by atoms with van der Waals surface area (Å²) in [4.78, 5) is 31.9. The van der Waals surface area contributed by atoms with Crippen LogP contribution in [-0.2, 0) is 11.3 Å². The normalized spacial score (nSPS) is 11.5. The van der Waals surface area contributed by atoms with Crippen molar-refractivity contribution in [2.75, 3.05) is 0 Å². The molecule has 0 aliphatic carbocycles. The Hall–Kier alpha value is -4.56. The first-order valence-corrected chi connectivity index (χ1v) is 13.9. The first-order chi connectivity index (χ1) is 19.3. The minimum Gasteiger partial charge on any atom is -0.457 e. The van der Waals surface area contributed by atoms with Gasteiger partial charge in [0.05, 0.1) is 32.9 Å². The zero-order valence-electron chi connectivity index (χ0n) is 22.6. The number of para-hydroxylation sites is 1. The van der Waals surface area contributed by atoms with Crippen molar-refractivity contribution in [3.63, 3.8) is 0 Å². The summed E-state index contributed by atoms with van der Waals surface area (Å²) in [6.45, 7) is 8.01. The van der Waals surface area contributed by atoms with Crippen LogP contribution < -0.4 is 5.63 Å². The molecule has 0 N–H and O–H groups in total. The molecule has 2 aromatic carbocycles. The molecule has 0 fully saturated rings. The van der Waals surface area contributed by atoms with Gasteiger partial charge in [0, 0.05) is 17.0 Å². The molecule has 0 radical (unpaired) electrons. The number of esters is 1. The van der Waals surface area contributed by atoms with Crippen LogP contribution in [0.4, 0.5) is 0 Å². The van der Waals surface area contributed by atoms with Crippen LogP contribution in [0.3, 0.4) is 0 Å². The van der Waals surface area contributed by atoms with E-state index in [4.69, 9.17) is 19.2 Å². The highest BCUT2D eigenvalue weighted by Crippen LogP contribution is 2.32. The molecule has 200 valence electrons. The highest BCUT2D eigenvalue weighted by Gasteiger charge is 2.23. The second-order valence-electron chi connectivity index (χ2n) is 10.1. The van der Waals surface area contributed by atoms with Gasteiger partial charge < -0.3 is 9.15 Å². The third-order valence-electron chi connectivity index (χ3n) is 7.00. The molecule has 4 heterocycles. The summed E-state index contributed by atoms with van der Waals surface area (Å²) in [6.07, 6.45) is 0. The Morgan fingerprint density at radius 1 is 1.05 bits per heavy atom. The van der Waals surface area contributed by atoms with E-state index in [1.807, 2.05) is 73.8 Å². The van der Waals surface area contributed by atoms with Gasteiger partial charge in [0.15, 0.2) is 5.65 Å². The zero-order chi connectivity index (χ0) is 28.0. The van der Waals surface area contributed by atoms with Crippen molar-refractivity contribution in [1.29, 1.82) is 0 Å². The highest BCUT2D eigenvalue weighted by atomic mass is 32.1. The molecule has 4 aromatic heterocycles. The second kappa shape index (κ2) is 10.2. The quantitative estimate of drug-likeness (QED) is 0.159. The van der Waals surface area contributed by atoms with Crippen LogP contribution in [0.2, 0.25) is 0 Å². The molecule has 7 nitrogen and oxygen atoms in total. The van der Waals surface area contributed by atoms with Gasteiger partial charge in [0.25, 0.3) is 0 Å². The summed E-state index contributed by atoms with van der Waals surface area (Å²) in [7, 11) is 0. The summed E-state index contributed by atoms with van der Waals surface area (Å²) >= 11 is 1.54. The SMILES string of the molecule is Cc1cc2oc(=O)cc(COC(=O)c3cc(-c4cccs4)nc4c3c(C)nn4-c3ccccc3)c2cc1C(C)C. The monoisotopic (exact) mass is 549 g/mol. The van der Waals surface area contributed by atoms with Crippen molar-refractivity contribution < 1.29 is 13.9 Å². The molecule has 0 aliphatic rings. The number of fused-ring (bicyclic) bond motifs is 2. The van der Waals surface area contributed by atoms with Crippen molar-refractivity contribution in [3.8, 4) is 16.3 Å². The lowest BCUT2D eigenvalue weighted by molar-refractivity contribution is 0.0476. The van der Waals surface area contributed by atoms with E-state index in [0.717, 1.165) is 27.1 Å². The van der Waals surface area contributed by atoms with Crippen LogP contribution in [0, 0.1) is 13.8 Å². The molecule has 0 spiro atoms. The van der Waals surface area contributed by atoms with E-state index >= 15 is 0 Å². The number of aromatic nitrogens is 3. The molecule has 0 amide bonds. The van der Waals surface area contributed by atoms with Gasteiger partial charge in [-0.3, -0.25) is 0 Å². The molecular weight excluding hydrogens is 522 g/mol. The Morgan fingerprint density at radius 2 is 1.85 bits per heavy atom. The first-order valence-electron chi connectivity index (χ1n) is 13.0. The number of carbonyl (C=O) groups excluding carboxylic acids is 1. The predicted octanol–water partition coefficient (Wildman–Crippen LogP) is 7.35. The van der Waals surface area contributed by atoms with Gasteiger partial charge in [0.2, 0.25) is 0 Å². The van der Waals surface area contributed by atoms with Gasteiger partial charge in [-0.1, -0.05) is 38.1 Å². The summed E-state index contributed by atoms with van der Waals surface area (Å²) in [5.41, 5.74) is 5.90. The van der Waals surface area contributed by atoms with Crippen molar-refractivity contribution in [3.05, 3.63) is 110 Å². The van der Waals surface area contributed by atoms with E-state index in [9.17, 15) is 9.59 Å². The van der Waals surface area contributed by atoms with Gasteiger partial charge in [-0.15, -0.1) is 11.3 Å². The Kier molecular flexibility index (Phi) is 6.56. The third-order valence-corrected chi connectivity index (χ3v) is 7.90. The molecule has 0 saturated heterocycles. The van der Waals surface area contributed by atoms with Crippen LogP contribution in [-0.4, -0.2) is 20.7 Å². The molecule has 8 heteroatoms. The summed E-state index contributed by atoms with van der Waals surface area (Å²) < 4.78 is 13.1. The topological polar surface area (TPSA) is 87.2 Å². The summed E-state index contributed by atoms with van der Waals surface area (Å²) in [6, 6.07) is 20.7. The lowest BCUT2D eigenvalue weighted by Gasteiger charge is -2.13. The van der Waals surface area contributed by atoms with Crippen molar-refractivity contribution in [1.82, 2.24) is 14.8 Å². The Labute approximate surface area is 234 Å². The van der Waals surface area contributed by atoms with E-state index in [1.165, 1.54) is 6.07 Å². The number of aryl methyl sites for hydroxylation is 2. The fourth-order valence-electron chi connectivity index (χ4n) is 5.10. The number of thiophene rings is 1. The number of hydrogen-bond acceptors (Lipinski definition) is 7. The second-order valence-corrected chi connectivity index (χ2v) is 11.0. The maximum absolute atomic E-state index is 13.7. The predicted molar refractivity (Wildman–Crippen MR) is 157 cm³/mol. The fourth-order valence-corrected chi connectivity index (χ4v) is 5.79. The number of pyridine rings is 1. The van der Waals surface area contributed by atoms with Gasteiger partial charge in [-0.25, -0.2) is 19.3 Å². The Bertz CT molecular complexity index is 1940. The van der Waals surface area contributed by atoms with Crippen LogP contribution in [0.15, 0.2) is 81.3 Å². The van der Waals surface area contributed by atoms with Crippen molar-refractivity contribution in [2.24, 2.45) is 0 Å². The molecular formula is C32H27N3O4S. The summed E-state index contributed by atoms with van der Waals surface area (Å²) in [5, 5.41) is 8.08. The van der Waals surface area contributed by atoms with Crippen molar-refractivity contribution in [2.45, 2.75) is 40.2 Å². The smallest absolute Gasteiger partial charge is 0.339 e. The van der Waals surface area contributed by atoms with Gasteiger partial charge in [-0.05, 0) is 72.7 Å². The number of hydrogen-bond donors (Lipinski definition) is 0. The Morgan fingerprint density at radius 3 is 2.58 bits per heavy atom. The third kappa shape index (κ3) is 4.60. The average Bonchev–Trinajstić information content (AvgIpc) is 3.59. The van der Waals surface area contributed by atoms with E-state index in [1.54, 1.807) is 22.1 Å². The molecule has 0 bridgehead atoms. The van der Waals surface area contributed by atoms with Crippen molar-refractivity contribution >= 4 is 39.3 Å². The average molecular weight is 550 g/mol. The molecule has 0 unspecified atom stereocenters. The maximum Gasteiger partial charge on any atom is 0.339 e.